The summed E-state index contributed by atoms with van der Waals surface area (Å²) >= 11 is 0. The highest BCUT2D eigenvalue weighted by Crippen LogP contribution is 2.38. The fourth-order valence-corrected chi connectivity index (χ4v) is 3.69. The first kappa shape index (κ1) is 18.8. The molecule has 2 heterocycles. The quantitative estimate of drug-likeness (QED) is 0.656. The third kappa shape index (κ3) is 3.90. The van der Waals surface area contributed by atoms with Gasteiger partial charge in [0, 0.05) is 38.7 Å². The van der Waals surface area contributed by atoms with Crippen LogP contribution in [0.5, 0.6) is 5.75 Å². The van der Waals surface area contributed by atoms with Crippen molar-refractivity contribution in [1.82, 2.24) is 10.2 Å². The van der Waals surface area contributed by atoms with Gasteiger partial charge in [-0.2, -0.15) is 13.2 Å². The second kappa shape index (κ2) is 7.34. The Morgan fingerprint density at radius 2 is 2.19 bits per heavy atom. The summed E-state index contributed by atoms with van der Waals surface area (Å²) in [5.41, 5.74) is -0.367. The van der Waals surface area contributed by atoms with E-state index in [1.54, 1.807) is 7.05 Å². The van der Waals surface area contributed by atoms with E-state index >= 15 is 0 Å². The molecule has 1 aromatic carbocycles. The average Bonchev–Trinajstić information content (AvgIpc) is 3.25. The number of nitrogens with one attached hydrogen (secondary N) is 1. The largest absolute Gasteiger partial charge is 0.497 e. The fraction of sp³-hybridized carbons (Fsp3) is 0.611. The molecule has 3 rings (SSSR count). The topological polar surface area (TPSA) is 46.1 Å². The third-order valence-corrected chi connectivity index (χ3v) is 5.19. The highest BCUT2D eigenvalue weighted by Gasteiger charge is 2.42. The van der Waals surface area contributed by atoms with Gasteiger partial charge in [0.1, 0.15) is 5.75 Å². The van der Waals surface area contributed by atoms with Crippen LogP contribution in [-0.4, -0.2) is 51.3 Å². The van der Waals surface area contributed by atoms with E-state index in [1.807, 2.05) is 0 Å². The first-order valence-electron chi connectivity index (χ1n) is 8.64. The molecule has 0 aromatic heterocycles. The Morgan fingerprint density at radius 3 is 2.81 bits per heavy atom. The predicted molar refractivity (Wildman–Crippen MR) is 92.3 cm³/mol. The van der Waals surface area contributed by atoms with Crippen LogP contribution in [-0.2, 0) is 17.5 Å². The van der Waals surface area contributed by atoms with Crippen LogP contribution >= 0.6 is 0 Å². The molecular formula is C18H24F3N3O2. The van der Waals surface area contributed by atoms with Crippen molar-refractivity contribution >= 4 is 5.96 Å². The smallest absolute Gasteiger partial charge is 0.416 e. The van der Waals surface area contributed by atoms with Gasteiger partial charge in [-0.25, -0.2) is 0 Å². The van der Waals surface area contributed by atoms with Crippen molar-refractivity contribution in [1.29, 1.82) is 0 Å². The Labute approximate surface area is 151 Å². The van der Waals surface area contributed by atoms with E-state index in [0.29, 0.717) is 5.96 Å². The lowest BCUT2D eigenvalue weighted by atomic mass is 9.87. The molecule has 8 heteroatoms. The number of rotatable bonds is 3. The summed E-state index contributed by atoms with van der Waals surface area (Å²) in [4.78, 5) is 6.35. The molecule has 2 aliphatic heterocycles. The first-order valence-corrected chi connectivity index (χ1v) is 8.64. The van der Waals surface area contributed by atoms with Gasteiger partial charge >= 0.3 is 6.18 Å². The van der Waals surface area contributed by atoms with Crippen LogP contribution in [0.2, 0.25) is 0 Å². The van der Waals surface area contributed by atoms with Crippen molar-refractivity contribution in [3.05, 3.63) is 29.3 Å². The zero-order valence-corrected chi connectivity index (χ0v) is 15.0. The molecule has 1 atom stereocenters. The van der Waals surface area contributed by atoms with Gasteiger partial charge in [0.2, 0.25) is 0 Å². The Balaban J connectivity index is 1.70. The second-order valence-corrected chi connectivity index (χ2v) is 6.90. The van der Waals surface area contributed by atoms with Gasteiger partial charge in [0.15, 0.2) is 5.96 Å². The van der Waals surface area contributed by atoms with E-state index in [2.05, 4.69) is 15.2 Å². The normalized spacial score (nSPS) is 23.7. The number of hydrogen-bond acceptors (Lipinski definition) is 3. The Morgan fingerprint density at radius 1 is 1.38 bits per heavy atom. The maximum absolute atomic E-state index is 13.3. The highest BCUT2D eigenvalue weighted by molar-refractivity contribution is 5.80. The molecule has 144 valence electrons. The summed E-state index contributed by atoms with van der Waals surface area (Å²) in [6, 6.07) is 4.01. The van der Waals surface area contributed by atoms with Gasteiger partial charge < -0.3 is 19.7 Å². The fourth-order valence-electron chi connectivity index (χ4n) is 3.69. The van der Waals surface area contributed by atoms with E-state index in [9.17, 15) is 13.2 Å². The maximum atomic E-state index is 13.3. The number of aliphatic imine (C=N–C) groups is 1. The molecule has 0 radical (unpaired) electrons. The van der Waals surface area contributed by atoms with Gasteiger partial charge in [0.25, 0.3) is 0 Å². The zero-order valence-electron chi connectivity index (χ0n) is 15.0. The van der Waals surface area contributed by atoms with Gasteiger partial charge in [-0.05, 0) is 30.5 Å². The van der Waals surface area contributed by atoms with Gasteiger partial charge in [-0.3, -0.25) is 4.99 Å². The summed E-state index contributed by atoms with van der Waals surface area (Å²) in [6.07, 6.45) is -2.39. The molecule has 26 heavy (non-hydrogen) atoms. The Kier molecular flexibility index (Phi) is 5.32. The number of alkyl halides is 3. The number of hydrogen-bond donors (Lipinski definition) is 1. The monoisotopic (exact) mass is 371 g/mol. The summed E-state index contributed by atoms with van der Waals surface area (Å²) in [6.45, 7) is 3.22. The van der Waals surface area contributed by atoms with Crippen LogP contribution in [0.25, 0.3) is 0 Å². The van der Waals surface area contributed by atoms with Crippen LogP contribution in [0.15, 0.2) is 23.2 Å². The number of benzene rings is 1. The average molecular weight is 371 g/mol. The molecule has 1 N–H and O–H groups in total. The minimum Gasteiger partial charge on any atom is -0.497 e. The minimum absolute atomic E-state index is 0.0471. The number of likely N-dealkylation sites (tertiary alicyclic amines) is 1. The molecule has 2 fully saturated rings. The highest BCUT2D eigenvalue weighted by atomic mass is 19.4. The van der Waals surface area contributed by atoms with Gasteiger partial charge in [-0.15, -0.1) is 0 Å². The Bertz CT molecular complexity index is 670. The molecule has 0 saturated carbocycles. The van der Waals surface area contributed by atoms with E-state index < -0.39 is 11.7 Å². The molecule has 1 aromatic rings. The van der Waals surface area contributed by atoms with E-state index in [0.717, 1.165) is 45.2 Å². The van der Waals surface area contributed by atoms with E-state index in [-0.39, 0.29) is 23.3 Å². The Hall–Kier alpha value is -1.96. The van der Waals surface area contributed by atoms with Crippen molar-refractivity contribution in [3.63, 3.8) is 0 Å². The van der Waals surface area contributed by atoms with Crippen molar-refractivity contribution in [2.45, 2.75) is 25.6 Å². The van der Waals surface area contributed by atoms with Crippen LogP contribution < -0.4 is 10.1 Å². The first-order chi connectivity index (χ1) is 12.4. The molecule has 2 aliphatic rings. The molecular weight excluding hydrogens is 347 g/mol. The van der Waals surface area contributed by atoms with Crippen LogP contribution in [0.1, 0.15) is 24.0 Å². The number of nitrogens with zero attached hydrogens (tertiary/aromatic N) is 2. The summed E-state index contributed by atoms with van der Waals surface area (Å²) in [5.74, 6) is 0.811. The molecule has 0 amide bonds. The number of guanidine groups is 1. The molecule has 2 saturated heterocycles. The van der Waals surface area contributed by atoms with Crippen LogP contribution in [0, 0.1) is 5.41 Å². The maximum Gasteiger partial charge on any atom is 0.416 e. The van der Waals surface area contributed by atoms with E-state index in [1.165, 1.54) is 19.2 Å². The zero-order chi connectivity index (χ0) is 18.8. The van der Waals surface area contributed by atoms with Crippen molar-refractivity contribution in [3.8, 4) is 5.75 Å². The summed E-state index contributed by atoms with van der Waals surface area (Å²) < 4.78 is 50.4. The SMILES string of the molecule is CN=C(NCc1ccc(OC)cc1C(F)(F)F)N1CCC2(CCOC2)C1. The summed E-state index contributed by atoms with van der Waals surface area (Å²) in [5, 5.41) is 3.08. The van der Waals surface area contributed by atoms with Crippen molar-refractivity contribution in [2.75, 3.05) is 40.5 Å². The molecule has 1 unspecified atom stereocenters. The molecule has 0 aliphatic carbocycles. The lowest BCUT2D eigenvalue weighted by Crippen LogP contribution is -2.41. The number of methoxy groups -OCH3 is 1. The lowest BCUT2D eigenvalue weighted by molar-refractivity contribution is -0.138. The minimum atomic E-state index is -4.44. The van der Waals surface area contributed by atoms with Crippen molar-refractivity contribution < 1.29 is 22.6 Å². The predicted octanol–water partition coefficient (Wildman–Crippen LogP) is 2.90. The molecule has 1 spiro atoms. The third-order valence-electron chi connectivity index (χ3n) is 5.19. The lowest BCUT2D eigenvalue weighted by Gasteiger charge is -2.25. The van der Waals surface area contributed by atoms with Crippen molar-refractivity contribution in [2.24, 2.45) is 10.4 Å². The van der Waals surface area contributed by atoms with Crippen LogP contribution in [0.3, 0.4) is 0 Å². The molecule has 0 bridgehead atoms. The van der Waals surface area contributed by atoms with Crippen LogP contribution in [0.4, 0.5) is 13.2 Å². The second-order valence-electron chi connectivity index (χ2n) is 6.90. The molecule has 5 nitrogen and oxygen atoms in total. The van der Waals surface area contributed by atoms with Gasteiger partial charge in [0.05, 0.1) is 19.3 Å². The van der Waals surface area contributed by atoms with Gasteiger partial charge in [-0.1, -0.05) is 6.07 Å². The number of halogens is 3. The number of ether oxygens (including phenoxy) is 2. The van der Waals surface area contributed by atoms with E-state index in [4.69, 9.17) is 9.47 Å². The standard InChI is InChI=1S/C18H24F3N3O2/c1-22-16(24-7-5-17(11-24)6-8-26-12-17)23-10-13-3-4-14(25-2)9-15(13)18(19,20)21/h3-4,9H,5-8,10-12H2,1-2H3,(H,22,23). The summed E-state index contributed by atoms with van der Waals surface area (Å²) in [7, 11) is 3.00.